The third-order valence-electron chi connectivity index (χ3n) is 4.24. The molecular weight excluding hydrogens is 272 g/mol. The average Bonchev–Trinajstić information content (AvgIpc) is 2.78. The minimum Gasteiger partial charge on any atom is -0.369 e. The zero-order chi connectivity index (χ0) is 16.0. The van der Waals surface area contributed by atoms with E-state index in [4.69, 9.17) is 10.5 Å². The molecule has 0 bridgehead atoms. The Morgan fingerprint density at radius 3 is 2.67 bits per heavy atom. The fourth-order valence-electron chi connectivity index (χ4n) is 2.47. The van der Waals surface area contributed by atoms with Crippen LogP contribution in [0.3, 0.4) is 0 Å². The second-order valence-electron chi connectivity index (χ2n) is 5.83. The van der Waals surface area contributed by atoms with Gasteiger partial charge in [0.1, 0.15) is 12.6 Å². The molecule has 0 aliphatic carbocycles. The summed E-state index contributed by atoms with van der Waals surface area (Å²) in [6.07, 6.45) is 2.25. The van der Waals surface area contributed by atoms with Gasteiger partial charge in [0.15, 0.2) is 5.78 Å². The van der Waals surface area contributed by atoms with Gasteiger partial charge in [-0.3, -0.25) is 14.4 Å². The Balaban J connectivity index is 2.31. The standard InChI is InChI=1S/C15H26N2O4/c1-4-12-14(11(18)8-21-12)17-13(19)7-5-6-9(2)10(3)15(16)20/h9-10,12,14H,4-8H2,1-3H3,(H2,16,20)(H,17,19)/t9?,10?,12-,14?/m0/s1. The molecule has 4 atom stereocenters. The van der Waals surface area contributed by atoms with E-state index in [2.05, 4.69) is 5.32 Å². The number of carbonyl (C=O) groups is 3. The molecule has 2 amide bonds. The Labute approximate surface area is 125 Å². The molecule has 3 N–H and O–H groups in total. The van der Waals surface area contributed by atoms with Crippen LogP contribution in [0.4, 0.5) is 0 Å². The van der Waals surface area contributed by atoms with Crippen LogP contribution < -0.4 is 11.1 Å². The SMILES string of the molecule is CC[C@@H]1OCC(=O)C1NC(=O)CCCC(C)C(C)C(N)=O. The number of hydrogen-bond donors (Lipinski definition) is 2. The maximum absolute atomic E-state index is 11.9. The topological polar surface area (TPSA) is 98.5 Å². The van der Waals surface area contributed by atoms with Crippen molar-refractivity contribution in [2.24, 2.45) is 17.6 Å². The third-order valence-corrected chi connectivity index (χ3v) is 4.24. The van der Waals surface area contributed by atoms with Gasteiger partial charge >= 0.3 is 0 Å². The summed E-state index contributed by atoms with van der Waals surface area (Å²) >= 11 is 0. The molecule has 120 valence electrons. The minimum absolute atomic E-state index is 0.0640. The largest absolute Gasteiger partial charge is 0.369 e. The van der Waals surface area contributed by atoms with Crippen molar-refractivity contribution in [3.63, 3.8) is 0 Å². The number of hydrogen-bond acceptors (Lipinski definition) is 4. The monoisotopic (exact) mass is 298 g/mol. The zero-order valence-corrected chi connectivity index (χ0v) is 13.1. The van der Waals surface area contributed by atoms with Gasteiger partial charge in [-0.25, -0.2) is 0 Å². The summed E-state index contributed by atoms with van der Waals surface area (Å²) in [5.41, 5.74) is 5.25. The van der Waals surface area contributed by atoms with E-state index in [1.165, 1.54) is 0 Å². The van der Waals surface area contributed by atoms with E-state index in [1.807, 2.05) is 13.8 Å². The van der Waals surface area contributed by atoms with E-state index in [9.17, 15) is 14.4 Å². The minimum atomic E-state index is -0.510. The van der Waals surface area contributed by atoms with Crippen molar-refractivity contribution in [1.29, 1.82) is 0 Å². The fraction of sp³-hybridized carbons (Fsp3) is 0.800. The van der Waals surface area contributed by atoms with Crippen molar-refractivity contribution in [3.05, 3.63) is 0 Å². The van der Waals surface area contributed by atoms with Crippen LogP contribution in [0, 0.1) is 11.8 Å². The molecule has 0 saturated carbocycles. The molecular formula is C15H26N2O4. The van der Waals surface area contributed by atoms with Gasteiger partial charge in [0.25, 0.3) is 0 Å². The van der Waals surface area contributed by atoms with Crippen LogP contribution in [-0.2, 0) is 19.1 Å². The summed E-state index contributed by atoms with van der Waals surface area (Å²) in [6, 6.07) is -0.510. The Morgan fingerprint density at radius 2 is 2.10 bits per heavy atom. The number of ketones is 1. The van der Waals surface area contributed by atoms with E-state index >= 15 is 0 Å². The summed E-state index contributed by atoms with van der Waals surface area (Å²) in [7, 11) is 0. The summed E-state index contributed by atoms with van der Waals surface area (Å²) in [6.45, 7) is 5.76. The molecule has 1 heterocycles. The molecule has 21 heavy (non-hydrogen) atoms. The van der Waals surface area contributed by atoms with Crippen molar-refractivity contribution in [1.82, 2.24) is 5.32 Å². The molecule has 0 aromatic carbocycles. The van der Waals surface area contributed by atoms with Gasteiger partial charge in [0.2, 0.25) is 11.8 Å². The van der Waals surface area contributed by atoms with E-state index in [0.29, 0.717) is 19.3 Å². The van der Waals surface area contributed by atoms with Crippen molar-refractivity contribution in [2.45, 2.75) is 58.6 Å². The van der Waals surface area contributed by atoms with Crippen molar-refractivity contribution >= 4 is 17.6 Å². The first kappa shape index (κ1) is 17.6. The van der Waals surface area contributed by atoms with Crippen molar-refractivity contribution in [3.8, 4) is 0 Å². The van der Waals surface area contributed by atoms with Crippen molar-refractivity contribution in [2.75, 3.05) is 6.61 Å². The molecule has 0 spiro atoms. The predicted molar refractivity (Wildman–Crippen MR) is 78.3 cm³/mol. The molecule has 1 saturated heterocycles. The first-order chi connectivity index (χ1) is 9.86. The normalized spacial score (nSPS) is 24.6. The number of Topliss-reactive ketones (excluding diaryl/α,β-unsaturated/α-hetero) is 1. The van der Waals surface area contributed by atoms with Gasteiger partial charge in [-0.15, -0.1) is 0 Å². The zero-order valence-electron chi connectivity index (χ0n) is 13.1. The van der Waals surface area contributed by atoms with Gasteiger partial charge in [-0.1, -0.05) is 20.8 Å². The average molecular weight is 298 g/mol. The fourth-order valence-corrected chi connectivity index (χ4v) is 2.47. The lowest BCUT2D eigenvalue weighted by atomic mass is 9.90. The lowest BCUT2D eigenvalue weighted by Crippen LogP contribution is -2.44. The maximum atomic E-state index is 11.9. The first-order valence-corrected chi connectivity index (χ1v) is 7.59. The quantitative estimate of drug-likeness (QED) is 0.691. The Hall–Kier alpha value is -1.43. The summed E-state index contributed by atoms with van der Waals surface area (Å²) < 4.78 is 5.31. The highest BCUT2D eigenvalue weighted by molar-refractivity contribution is 5.91. The summed E-state index contributed by atoms with van der Waals surface area (Å²) in [4.78, 5) is 34.6. The first-order valence-electron chi connectivity index (χ1n) is 7.59. The van der Waals surface area contributed by atoms with E-state index < -0.39 is 6.04 Å². The van der Waals surface area contributed by atoms with E-state index in [-0.39, 0.29) is 42.1 Å². The molecule has 6 nitrogen and oxygen atoms in total. The van der Waals surface area contributed by atoms with Crippen LogP contribution in [0.1, 0.15) is 46.5 Å². The van der Waals surface area contributed by atoms with Gasteiger partial charge in [0.05, 0.1) is 6.10 Å². The Bertz CT molecular complexity index is 397. The van der Waals surface area contributed by atoms with Gasteiger partial charge in [-0.05, 0) is 25.2 Å². The Kier molecular flexibility index (Phi) is 6.81. The lowest BCUT2D eigenvalue weighted by Gasteiger charge is -2.18. The molecule has 1 fully saturated rings. The second kappa shape index (κ2) is 8.12. The third kappa shape index (κ3) is 5.12. The molecule has 0 aromatic heterocycles. The molecule has 0 aromatic rings. The van der Waals surface area contributed by atoms with Gasteiger partial charge in [-0.2, -0.15) is 0 Å². The number of nitrogens with one attached hydrogen (secondary N) is 1. The maximum Gasteiger partial charge on any atom is 0.220 e. The van der Waals surface area contributed by atoms with Crippen LogP contribution in [0.2, 0.25) is 0 Å². The Morgan fingerprint density at radius 1 is 1.43 bits per heavy atom. The molecule has 0 radical (unpaired) electrons. The van der Waals surface area contributed by atoms with Crippen molar-refractivity contribution < 1.29 is 19.1 Å². The predicted octanol–water partition coefficient (Wildman–Crippen LogP) is 0.777. The number of carbonyl (C=O) groups excluding carboxylic acids is 3. The van der Waals surface area contributed by atoms with Crippen LogP contribution in [0.5, 0.6) is 0 Å². The van der Waals surface area contributed by atoms with E-state index in [1.54, 1.807) is 6.92 Å². The smallest absolute Gasteiger partial charge is 0.220 e. The summed E-state index contributed by atoms with van der Waals surface area (Å²) in [5.74, 6) is -0.564. The summed E-state index contributed by atoms with van der Waals surface area (Å²) in [5, 5.41) is 2.75. The molecule has 1 aliphatic rings. The number of rotatable bonds is 8. The number of amides is 2. The van der Waals surface area contributed by atoms with Crippen LogP contribution in [0.25, 0.3) is 0 Å². The molecule has 1 rings (SSSR count). The number of nitrogens with two attached hydrogens (primary N) is 1. The van der Waals surface area contributed by atoms with E-state index in [0.717, 1.165) is 6.42 Å². The highest BCUT2D eigenvalue weighted by atomic mass is 16.5. The highest BCUT2D eigenvalue weighted by Crippen LogP contribution is 2.18. The van der Waals surface area contributed by atoms with Crippen LogP contribution >= 0.6 is 0 Å². The number of primary amides is 1. The molecule has 3 unspecified atom stereocenters. The molecule has 6 heteroatoms. The van der Waals surface area contributed by atoms with Crippen LogP contribution in [-0.4, -0.2) is 36.4 Å². The van der Waals surface area contributed by atoms with Gasteiger partial charge in [0, 0.05) is 12.3 Å². The molecule has 1 aliphatic heterocycles. The number of ether oxygens (including phenoxy) is 1. The highest BCUT2D eigenvalue weighted by Gasteiger charge is 2.35. The van der Waals surface area contributed by atoms with Crippen LogP contribution in [0.15, 0.2) is 0 Å². The second-order valence-corrected chi connectivity index (χ2v) is 5.83. The lowest BCUT2D eigenvalue weighted by molar-refractivity contribution is -0.126. The van der Waals surface area contributed by atoms with Gasteiger partial charge < -0.3 is 15.8 Å².